The molecule has 4 aromatic rings. The zero-order valence-electron chi connectivity index (χ0n) is 18.9. The first kappa shape index (κ1) is 22.6. The van der Waals surface area contributed by atoms with E-state index in [0.29, 0.717) is 44.9 Å². The Bertz CT molecular complexity index is 1410. The molecule has 2 aromatic carbocycles. The summed E-state index contributed by atoms with van der Waals surface area (Å²) in [7, 11) is 0. The van der Waals surface area contributed by atoms with E-state index in [1.807, 2.05) is 11.5 Å². The van der Waals surface area contributed by atoms with Crippen molar-refractivity contribution in [3.63, 3.8) is 0 Å². The molecule has 2 bridgehead atoms. The van der Waals surface area contributed by atoms with E-state index in [0.717, 1.165) is 25.6 Å². The number of aromatic nitrogens is 5. The Morgan fingerprint density at radius 3 is 2.60 bits per heavy atom. The summed E-state index contributed by atoms with van der Waals surface area (Å²) >= 11 is 0. The molecule has 0 saturated heterocycles. The number of rotatable bonds is 2. The van der Waals surface area contributed by atoms with E-state index in [9.17, 15) is 18.4 Å². The lowest BCUT2D eigenvalue weighted by atomic mass is 10.1. The molecular weight excluding hydrogens is 456 g/mol. The molecular formula is C24H23F2N7O2. The number of fused-ring (bicyclic) bond motifs is 5. The van der Waals surface area contributed by atoms with Crippen LogP contribution in [0.1, 0.15) is 59.5 Å². The van der Waals surface area contributed by atoms with Gasteiger partial charge in [0.15, 0.2) is 5.82 Å². The van der Waals surface area contributed by atoms with Gasteiger partial charge < -0.3 is 9.88 Å². The SMILES string of the molecule is CC1CCCCNC(=O)c2cccc(c2)C(=O)Nc2nc3cccc(-c4ncn(C(F)F)n4)c3n21. The maximum atomic E-state index is 13.1. The molecule has 9 nitrogen and oxygen atoms in total. The van der Waals surface area contributed by atoms with Crippen molar-refractivity contribution in [1.82, 2.24) is 29.6 Å². The second-order valence-electron chi connectivity index (χ2n) is 8.44. The quantitative estimate of drug-likeness (QED) is 0.443. The molecule has 5 rings (SSSR count). The molecule has 2 amide bonds. The van der Waals surface area contributed by atoms with E-state index in [1.54, 1.807) is 42.5 Å². The smallest absolute Gasteiger partial charge is 0.334 e. The van der Waals surface area contributed by atoms with E-state index in [2.05, 4.69) is 25.7 Å². The van der Waals surface area contributed by atoms with Crippen LogP contribution < -0.4 is 10.6 Å². The Kier molecular flexibility index (Phi) is 5.98. The number of halogens is 2. The van der Waals surface area contributed by atoms with Crippen molar-refractivity contribution in [1.29, 1.82) is 0 Å². The number of anilines is 1. The maximum Gasteiger partial charge on any atom is 0.334 e. The van der Waals surface area contributed by atoms with E-state index in [-0.39, 0.29) is 17.8 Å². The number of para-hydroxylation sites is 1. The molecule has 0 fully saturated rings. The third kappa shape index (κ3) is 4.36. The highest BCUT2D eigenvalue weighted by molar-refractivity contribution is 6.06. The molecule has 2 N–H and O–H groups in total. The Morgan fingerprint density at radius 2 is 1.83 bits per heavy atom. The van der Waals surface area contributed by atoms with Crippen LogP contribution >= 0.6 is 0 Å². The van der Waals surface area contributed by atoms with Gasteiger partial charge in [-0.25, -0.2) is 9.97 Å². The number of hydrogen-bond acceptors (Lipinski definition) is 5. The highest BCUT2D eigenvalue weighted by Crippen LogP contribution is 2.34. The minimum Gasteiger partial charge on any atom is -0.352 e. The fourth-order valence-electron chi connectivity index (χ4n) is 4.31. The van der Waals surface area contributed by atoms with Crippen molar-refractivity contribution in [2.24, 2.45) is 0 Å². The minimum atomic E-state index is -2.80. The number of amides is 2. The van der Waals surface area contributed by atoms with Crippen LogP contribution in [0, 0.1) is 0 Å². The Labute approximate surface area is 199 Å². The highest BCUT2D eigenvalue weighted by Gasteiger charge is 2.23. The van der Waals surface area contributed by atoms with E-state index >= 15 is 0 Å². The van der Waals surface area contributed by atoms with Gasteiger partial charge in [0.1, 0.15) is 6.33 Å². The van der Waals surface area contributed by atoms with E-state index in [4.69, 9.17) is 0 Å². The number of carbonyl (C=O) groups excluding carboxylic acids is 2. The summed E-state index contributed by atoms with van der Waals surface area (Å²) in [5, 5.41) is 9.70. The Hall–Kier alpha value is -4.15. The third-order valence-corrected chi connectivity index (χ3v) is 6.05. The zero-order chi connectivity index (χ0) is 24.5. The van der Waals surface area contributed by atoms with Crippen molar-refractivity contribution >= 4 is 28.8 Å². The molecule has 1 unspecified atom stereocenters. The average Bonchev–Trinajstić information content (AvgIpc) is 3.48. The van der Waals surface area contributed by atoms with Gasteiger partial charge in [0.05, 0.1) is 11.0 Å². The van der Waals surface area contributed by atoms with Gasteiger partial charge in [-0.3, -0.25) is 14.9 Å². The van der Waals surface area contributed by atoms with Gasteiger partial charge >= 0.3 is 6.55 Å². The zero-order valence-corrected chi connectivity index (χ0v) is 18.9. The van der Waals surface area contributed by atoms with Crippen LogP contribution in [0.15, 0.2) is 48.8 Å². The second kappa shape index (κ2) is 9.24. The lowest BCUT2D eigenvalue weighted by molar-refractivity contribution is 0.0564. The number of nitrogens with one attached hydrogen (secondary N) is 2. The first-order valence-electron chi connectivity index (χ1n) is 11.3. The van der Waals surface area contributed by atoms with Gasteiger partial charge in [-0.2, -0.15) is 13.5 Å². The van der Waals surface area contributed by atoms with Crippen LogP contribution in [0.3, 0.4) is 0 Å². The van der Waals surface area contributed by atoms with Crippen LogP contribution in [0.2, 0.25) is 0 Å². The molecule has 11 heteroatoms. The number of imidazole rings is 1. The molecule has 2 aromatic heterocycles. The van der Waals surface area contributed by atoms with Gasteiger partial charge in [0, 0.05) is 29.3 Å². The van der Waals surface area contributed by atoms with Crippen LogP contribution in [0.4, 0.5) is 14.7 Å². The molecule has 0 spiro atoms. The topological polar surface area (TPSA) is 107 Å². The first-order chi connectivity index (χ1) is 16.9. The maximum absolute atomic E-state index is 13.1. The number of alkyl halides is 2. The fourth-order valence-corrected chi connectivity index (χ4v) is 4.31. The van der Waals surface area contributed by atoms with Gasteiger partial charge in [0.2, 0.25) is 5.95 Å². The number of nitrogens with zero attached hydrogens (tertiary/aromatic N) is 5. The summed E-state index contributed by atoms with van der Waals surface area (Å²) in [5.74, 6) is -0.170. The number of hydrogen-bond donors (Lipinski definition) is 2. The van der Waals surface area contributed by atoms with Gasteiger partial charge in [0.25, 0.3) is 11.8 Å². The Balaban J connectivity index is 1.64. The molecule has 3 heterocycles. The van der Waals surface area contributed by atoms with Crippen molar-refractivity contribution in [2.75, 3.05) is 11.9 Å². The van der Waals surface area contributed by atoms with Crippen LogP contribution in [0.5, 0.6) is 0 Å². The lowest BCUT2D eigenvalue weighted by Gasteiger charge is -2.19. The monoisotopic (exact) mass is 479 g/mol. The molecule has 35 heavy (non-hydrogen) atoms. The van der Waals surface area contributed by atoms with Crippen molar-refractivity contribution in [2.45, 2.75) is 38.8 Å². The largest absolute Gasteiger partial charge is 0.352 e. The number of carbonyl (C=O) groups is 2. The predicted molar refractivity (Wildman–Crippen MR) is 125 cm³/mol. The molecule has 0 radical (unpaired) electrons. The van der Waals surface area contributed by atoms with Gasteiger partial charge in [-0.1, -0.05) is 12.1 Å². The Morgan fingerprint density at radius 1 is 1.06 bits per heavy atom. The highest BCUT2D eigenvalue weighted by atomic mass is 19.3. The standard InChI is InChI=1S/C24H23F2N7O2/c1-14-6-2-3-11-27-21(34)15-7-4-8-16(12-15)22(35)30-24-29-18-10-5-9-17(19(18)33(14)24)20-28-13-32(31-20)23(25)26/h4-5,7-10,12-14,23H,2-3,6,11H2,1H3,(H,27,34)(H,29,30,35). The molecule has 1 aliphatic heterocycles. The molecule has 0 aliphatic carbocycles. The van der Waals surface area contributed by atoms with Crippen molar-refractivity contribution in [3.05, 3.63) is 59.9 Å². The summed E-state index contributed by atoms with van der Waals surface area (Å²) in [6.45, 7) is -0.284. The average molecular weight is 479 g/mol. The molecule has 1 atom stereocenters. The van der Waals surface area contributed by atoms with E-state index in [1.165, 1.54) is 0 Å². The van der Waals surface area contributed by atoms with Crippen molar-refractivity contribution in [3.8, 4) is 11.4 Å². The summed E-state index contributed by atoms with van der Waals surface area (Å²) in [6.07, 6.45) is 3.32. The first-order valence-corrected chi connectivity index (χ1v) is 11.3. The van der Waals surface area contributed by atoms with Gasteiger partial charge in [-0.15, -0.1) is 5.10 Å². The van der Waals surface area contributed by atoms with Crippen molar-refractivity contribution < 1.29 is 18.4 Å². The fraction of sp³-hybridized carbons (Fsp3) is 0.292. The molecule has 0 saturated carbocycles. The van der Waals surface area contributed by atoms with Crippen LogP contribution in [-0.4, -0.2) is 42.7 Å². The lowest BCUT2D eigenvalue weighted by Crippen LogP contribution is -2.25. The molecule has 1 aliphatic rings. The second-order valence-corrected chi connectivity index (χ2v) is 8.44. The summed E-state index contributed by atoms with van der Waals surface area (Å²) in [5.41, 5.74) is 2.49. The molecule has 180 valence electrons. The third-order valence-electron chi connectivity index (χ3n) is 6.05. The number of benzene rings is 2. The normalized spacial score (nSPS) is 17.1. The summed E-state index contributed by atoms with van der Waals surface area (Å²) in [6, 6.07) is 11.7. The van der Waals surface area contributed by atoms with E-state index < -0.39 is 12.5 Å². The van der Waals surface area contributed by atoms with Gasteiger partial charge in [-0.05, 0) is 56.5 Å². The van der Waals surface area contributed by atoms with Crippen LogP contribution in [-0.2, 0) is 0 Å². The summed E-state index contributed by atoms with van der Waals surface area (Å²) in [4.78, 5) is 34.3. The van der Waals surface area contributed by atoms with Crippen LogP contribution in [0.25, 0.3) is 22.4 Å². The summed E-state index contributed by atoms with van der Waals surface area (Å²) < 4.78 is 28.7. The minimum absolute atomic E-state index is 0.0985. The predicted octanol–water partition coefficient (Wildman–Crippen LogP) is 4.42.